The van der Waals surface area contributed by atoms with E-state index in [1.807, 2.05) is 42.5 Å². The molecular weight excluding hydrogens is 282 g/mol. The third-order valence-corrected chi connectivity index (χ3v) is 4.24. The molecule has 0 radical (unpaired) electrons. The van der Waals surface area contributed by atoms with Crippen molar-refractivity contribution in [1.82, 2.24) is 4.57 Å². The van der Waals surface area contributed by atoms with Crippen LogP contribution in [-0.4, -0.2) is 15.6 Å². The topological polar surface area (TPSA) is 42.2 Å². The van der Waals surface area contributed by atoms with Crippen LogP contribution in [0.2, 0.25) is 0 Å². The number of carboxylic acid groups (broad SMARTS) is 1. The molecule has 0 aliphatic rings. The second-order valence-corrected chi connectivity index (χ2v) is 5.70. The SMILES string of the molecule is O=C(O)CCc1ccc(-c2cccs2)n1-c1ccccc1. The normalized spacial score (nSPS) is 10.7. The first-order valence-corrected chi connectivity index (χ1v) is 7.65. The van der Waals surface area contributed by atoms with Crippen molar-refractivity contribution < 1.29 is 9.90 Å². The number of carbonyl (C=O) groups is 1. The van der Waals surface area contributed by atoms with Crippen LogP contribution in [0.1, 0.15) is 12.1 Å². The molecule has 106 valence electrons. The van der Waals surface area contributed by atoms with Crippen LogP contribution in [0, 0.1) is 0 Å². The molecule has 3 aromatic rings. The van der Waals surface area contributed by atoms with Crippen molar-refractivity contribution in [3.63, 3.8) is 0 Å². The maximum absolute atomic E-state index is 10.8. The van der Waals surface area contributed by atoms with E-state index in [2.05, 4.69) is 22.1 Å². The fraction of sp³-hybridized carbons (Fsp3) is 0.118. The van der Waals surface area contributed by atoms with Crippen molar-refractivity contribution in [2.75, 3.05) is 0 Å². The molecule has 0 amide bonds. The molecule has 3 rings (SSSR count). The predicted octanol–water partition coefficient (Wildman–Crippen LogP) is 4.22. The first-order valence-electron chi connectivity index (χ1n) is 6.77. The highest BCUT2D eigenvalue weighted by atomic mass is 32.1. The minimum Gasteiger partial charge on any atom is -0.481 e. The summed E-state index contributed by atoms with van der Waals surface area (Å²) >= 11 is 1.69. The summed E-state index contributed by atoms with van der Waals surface area (Å²) in [6, 6.07) is 18.3. The standard InChI is InChI=1S/C17H15NO2S/c19-17(20)11-9-14-8-10-15(16-7-4-12-21-16)18(14)13-5-2-1-3-6-13/h1-8,10,12H,9,11H2,(H,19,20). The minimum atomic E-state index is -0.770. The fourth-order valence-electron chi connectivity index (χ4n) is 2.41. The molecule has 0 bridgehead atoms. The Bertz CT molecular complexity index is 730. The van der Waals surface area contributed by atoms with Gasteiger partial charge in [0.2, 0.25) is 0 Å². The van der Waals surface area contributed by atoms with Crippen LogP contribution in [0.4, 0.5) is 0 Å². The number of aliphatic carboxylic acids is 1. The van der Waals surface area contributed by atoms with Crippen molar-refractivity contribution in [1.29, 1.82) is 0 Å². The van der Waals surface area contributed by atoms with Gasteiger partial charge in [-0.1, -0.05) is 24.3 Å². The summed E-state index contributed by atoms with van der Waals surface area (Å²) in [6.45, 7) is 0. The number of rotatable bonds is 5. The third-order valence-electron chi connectivity index (χ3n) is 3.34. The van der Waals surface area contributed by atoms with E-state index >= 15 is 0 Å². The number of carboxylic acids is 1. The molecule has 0 unspecified atom stereocenters. The molecule has 0 fully saturated rings. The van der Waals surface area contributed by atoms with Crippen molar-refractivity contribution in [2.45, 2.75) is 12.8 Å². The van der Waals surface area contributed by atoms with Crippen LogP contribution in [0.3, 0.4) is 0 Å². The lowest BCUT2D eigenvalue weighted by atomic mass is 10.2. The Kier molecular flexibility index (Phi) is 3.88. The molecule has 0 spiro atoms. The van der Waals surface area contributed by atoms with Gasteiger partial charge in [0.1, 0.15) is 0 Å². The van der Waals surface area contributed by atoms with Crippen LogP contribution in [0.15, 0.2) is 60.0 Å². The van der Waals surface area contributed by atoms with Gasteiger partial charge in [0.05, 0.1) is 17.0 Å². The summed E-state index contributed by atoms with van der Waals surface area (Å²) < 4.78 is 2.15. The first kappa shape index (κ1) is 13.6. The zero-order chi connectivity index (χ0) is 14.7. The lowest BCUT2D eigenvalue weighted by Gasteiger charge is -2.12. The van der Waals surface area contributed by atoms with Gasteiger partial charge >= 0.3 is 5.97 Å². The van der Waals surface area contributed by atoms with E-state index in [9.17, 15) is 4.79 Å². The van der Waals surface area contributed by atoms with Gasteiger partial charge in [-0.25, -0.2) is 0 Å². The number of benzene rings is 1. The third kappa shape index (κ3) is 2.90. The van der Waals surface area contributed by atoms with Gasteiger partial charge in [0.25, 0.3) is 0 Å². The van der Waals surface area contributed by atoms with Crippen LogP contribution in [-0.2, 0) is 11.2 Å². The van der Waals surface area contributed by atoms with Gasteiger partial charge in [-0.2, -0.15) is 0 Å². The number of nitrogens with zero attached hydrogens (tertiary/aromatic N) is 1. The smallest absolute Gasteiger partial charge is 0.303 e. The van der Waals surface area contributed by atoms with E-state index in [1.54, 1.807) is 11.3 Å². The molecule has 3 nitrogen and oxygen atoms in total. The van der Waals surface area contributed by atoms with E-state index in [0.29, 0.717) is 6.42 Å². The van der Waals surface area contributed by atoms with E-state index in [0.717, 1.165) is 17.1 Å². The van der Waals surface area contributed by atoms with Crippen molar-refractivity contribution in [3.05, 3.63) is 65.7 Å². The molecule has 0 saturated carbocycles. The zero-order valence-electron chi connectivity index (χ0n) is 11.4. The Morgan fingerprint density at radius 2 is 1.86 bits per heavy atom. The van der Waals surface area contributed by atoms with Gasteiger partial charge in [0.15, 0.2) is 0 Å². The predicted molar refractivity (Wildman–Crippen MR) is 85.0 cm³/mol. The van der Waals surface area contributed by atoms with Crippen LogP contribution in [0.5, 0.6) is 0 Å². The molecular formula is C17H15NO2S. The quantitative estimate of drug-likeness (QED) is 0.766. The molecule has 2 aromatic heterocycles. The Balaban J connectivity index is 2.08. The average molecular weight is 297 g/mol. The van der Waals surface area contributed by atoms with Crippen molar-refractivity contribution in [3.8, 4) is 16.3 Å². The zero-order valence-corrected chi connectivity index (χ0v) is 12.2. The number of hydrogen-bond acceptors (Lipinski definition) is 2. The Hall–Kier alpha value is -2.33. The van der Waals surface area contributed by atoms with E-state index in [1.165, 1.54) is 4.88 Å². The molecule has 2 heterocycles. The molecule has 1 aromatic carbocycles. The summed E-state index contributed by atoms with van der Waals surface area (Å²) in [5.74, 6) is -0.770. The Morgan fingerprint density at radius 1 is 1.05 bits per heavy atom. The number of aromatic nitrogens is 1. The molecule has 1 N–H and O–H groups in total. The Morgan fingerprint density at radius 3 is 2.52 bits per heavy atom. The van der Waals surface area contributed by atoms with E-state index in [4.69, 9.17) is 5.11 Å². The molecule has 0 aliphatic heterocycles. The Labute approximate surface area is 127 Å². The highest BCUT2D eigenvalue weighted by Crippen LogP contribution is 2.30. The first-order chi connectivity index (χ1) is 10.3. The number of hydrogen-bond donors (Lipinski definition) is 1. The summed E-state index contributed by atoms with van der Waals surface area (Å²) in [5, 5.41) is 11.0. The summed E-state index contributed by atoms with van der Waals surface area (Å²) in [4.78, 5) is 12.0. The average Bonchev–Trinajstić information content (AvgIpc) is 3.15. The second kappa shape index (κ2) is 5.97. The van der Waals surface area contributed by atoms with Crippen LogP contribution in [0.25, 0.3) is 16.3 Å². The lowest BCUT2D eigenvalue weighted by molar-refractivity contribution is -0.136. The minimum absolute atomic E-state index is 0.140. The number of para-hydroxylation sites is 1. The van der Waals surface area contributed by atoms with Crippen molar-refractivity contribution >= 4 is 17.3 Å². The van der Waals surface area contributed by atoms with Gasteiger partial charge in [0, 0.05) is 11.4 Å². The van der Waals surface area contributed by atoms with Gasteiger partial charge in [-0.15, -0.1) is 11.3 Å². The van der Waals surface area contributed by atoms with E-state index < -0.39 is 5.97 Å². The molecule has 4 heteroatoms. The molecule has 0 atom stereocenters. The molecule has 21 heavy (non-hydrogen) atoms. The van der Waals surface area contributed by atoms with Crippen LogP contribution < -0.4 is 0 Å². The maximum atomic E-state index is 10.8. The molecule has 0 aliphatic carbocycles. The summed E-state index contributed by atoms with van der Waals surface area (Å²) in [7, 11) is 0. The van der Waals surface area contributed by atoms with Crippen molar-refractivity contribution in [2.24, 2.45) is 0 Å². The maximum Gasteiger partial charge on any atom is 0.303 e. The van der Waals surface area contributed by atoms with Gasteiger partial charge in [-0.3, -0.25) is 4.79 Å². The summed E-state index contributed by atoms with van der Waals surface area (Å²) in [5.41, 5.74) is 3.19. The summed E-state index contributed by atoms with van der Waals surface area (Å²) in [6.07, 6.45) is 0.663. The van der Waals surface area contributed by atoms with E-state index in [-0.39, 0.29) is 6.42 Å². The highest BCUT2D eigenvalue weighted by molar-refractivity contribution is 7.13. The van der Waals surface area contributed by atoms with Crippen LogP contribution >= 0.6 is 11.3 Å². The lowest BCUT2D eigenvalue weighted by Crippen LogP contribution is -2.04. The second-order valence-electron chi connectivity index (χ2n) is 4.75. The largest absolute Gasteiger partial charge is 0.481 e. The van der Waals surface area contributed by atoms with Gasteiger partial charge < -0.3 is 9.67 Å². The van der Waals surface area contributed by atoms with Gasteiger partial charge in [-0.05, 0) is 42.1 Å². The number of thiophene rings is 1. The monoisotopic (exact) mass is 297 g/mol. The highest BCUT2D eigenvalue weighted by Gasteiger charge is 2.13. The fourth-order valence-corrected chi connectivity index (χ4v) is 3.15. The number of aryl methyl sites for hydroxylation is 1. The molecule has 0 saturated heterocycles.